The second kappa shape index (κ2) is 9.89. The number of hydrogen-bond acceptors (Lipinski definition) is 11. The van der Waals surface area contributed by atoms with E-state index in [2.05, 4.69) is 0 Å². The summed E-state index contributed by atoms with van der Waals surface area (Å²) in [4.78, 5) is 71.6. The number of primary amides is 1. The zero-order chi connectivity index (χ0) is 31.8. The summed E-state index contributed by atoms with van der Waals surface area (Å²) in [7, 11) is 6.83. The normalized spacial score (nSPS) is 31.8. The van der Waals surface area contributed by atoms with Gasteiger partial charge < -0.3 is 27.2 Å². The van der Waals surface area contributed by atoms with Gasteiger partial charge in [0.05, 0.1) is 23.2 Å². The number of fused-ring (bicyclic) bond motifs is 3. The van der Waals surface area contributed by atoms with Gasteiger partial charge in [0, 0.05) is 12.1 Å². The molecule has 2 aromatic rings. The maximum atomic E-state index is 14.4. The highest BCUT2D eigenvalue weighted by Gasteiger charge is 2.78. The maximum absolute atomic E-state index is 14.4. The molecule has 0 radical (unpaired) electrons. The maximum Gasteiger partial charge on any atom is 0.235 e. The molecule has 0 aliphatic heterocycles. The summed E-state index contributed by atoms with van der Waals surface area (Å²) in [5, 5.41) is 21.4. The van der Waals surface area contributed by atoms with Crippen LogP contribution < -0.4 is 17.2 Å². The molecule has 0 bridgehead atoms. The molecule has 224 valence electrons. The molecule has 2 saturated carbocycles. The predicted molar refractivity (Wildman–Crippen MR) is 154 cm³/mol. The average Bonchev–Trinajstić information content (AvgIpc) is 2.88. The first-order chi connectivity index (χ1) is 20.1. The van der Waals surface area contributed by atoms with E-state index < -0.39 is 69.8 Å². The molecule has 12 heteroatoms. The molecule has 3 aliphatic rings. The Kier molecular flexibility index (Phi) is 6.94. The van der Waals surface area contributed by atoms with Crippen LogP contribution >= 0.6 is 0 Å². The number of benzene rings is 2. The largest absolute Gasteiger partial charge is 0.507 e. The number of aromatic hydroxyl groups is 1. The molecule has 43 heavy (non-hydrogen) atoms. The van der Waals surface area contributed by atoms with E-state index in [-0.39, 0.29) is 17.7 Å². The first-order valence-electron chi connectivity index (χ1n) is 13.8. The summed E-state index contributed by atoms with van der Waals surface area (Å²) in [6.45, 7) is 0.711. The number of hydrogen-bond donors (Lipinski definition) is 4. The fraction of sp³-hybridized carbons (Fsp3) is 0.419. The van der Waals surface area contributed by atoms with Crippen molar-refractivity contribution in [3.8, 4) is 22.9 Å². The minimum atomic E-state index is -2.77. The highest BCUT2D eigenvalue weighted by Crippen LogP contribution is 2.56. The van der Waals surface area contributed by atoms with Crippen LogP contribution in [0.25, 0.3) is 11.1 Å². The van der Waals surface area contributed by atoms with Crippen molar-refractivity contribution in [3.63, 3.8) is 0 Å². The van der Waals surface area contributed by atoms with E-state index in [4.69, 9.17) is 17.2 Å². The third-order valence-electron chi connectivity index (χ3n) is 9.24. The number of phenols is 1. The summed E-state index contributed by atoms with van der Waals surface area (Å²) in [6, 6.07) is 10.9. The highest BCUT2D eigenvalue weighted by atomic mass is 16.3. The number of likely N-dealkylation sites (N-methyl/N-ethyl adjacent to an activating group) is 1. The quantitative estimate of drug-likeness (QED) is 0.329. The predicted octanol–water partition coefficient (Wildman–Crippen LogP) is -0.463. The Labute approximate surface area is 248 Å². The summed E-state index contributed by atoms with van der Waals surface area (Å²) < 4.78 is 0. The topological polar surface area (TPSA) is 214 Å². The van der Waals surface area contributed by atoms with E-state index in [0.717, 1.165) is 11.1 Å². The minimum absolute atomic E-state index is 0.129. The summed E-state index contributed by atoms with van der Waals surface area (Å²) in [6.07, 6.45) is -0.590. The monoisotopic (exact) mass is 586 g/mol. The number of ketones is 4. The average molecular weight is 587 g/mol. The lowest BCUT2D eigenvalue weighted by atomic mass is 9.42. The van der Waals surface area contributed by atoms with Crippen LogP contribution in [0, 0.1) is 28.6 Å². The zero-order valence-corrected chi connectivity index (χ0v) is 24.4. The smallest absolute Gasteiger partial charge is 0.235 e. The summed E-state index contributed by atoms with van der Waals surface area (Å²) >= 11 is 0. The fourth-order valence-corrected chi connectivity index (χ4v) is 7.63. The highest BCUT2D eigenvalue weighted by molar-refractivity contribution is 6.33. The Morgan fingerprint density at radius 1 is 1.02 bits per heavy atom. The van der Waals surface area contributed by atoms with Crippen molar-refractivity contribution in [1.82, 2.24) is 9.80 Å². The van der Waals surface area contributed by atoms with Gasteiger partial charge in [-0.05, 0) is 69.4 Å². The molecule has 5 rings (SSSR count). The molecule has 2 aromatic carbocycles. The van der Waals surface area contributed by atoms with Gasteiger partial charge in [0.25, 0.3) is 0 Å². The van der Waals surface area contributed by atoms with E-state index in [0.29, 0.717) is 17.7 Å². The third-order valence-corrected chi connectivity index (χ3v) is 9.24. The number of rotatable bonds is 5. The Morgan fingerprint density at radius 3 is 2.19 bits per heavy atom. The number of Topliss-reactive ketones (excluding diaryl/α,β-unsaturated/α-hetero) is 4. The van der Waals surface area contributed by atoms with E-state index in [1.807, 2.05) is 43.3 Å². The van der Waals surface area contributed by atoms with Gasteiger partial charge in [0.15, 0.2) is 34.5 Å². The van der Waals surface area contributed by atoms with Gasteiger partial charge in [-0.25, -0.2) is 0 Å². The Morgan fingerprint density at radius 2 is 1.65 bits per heavy atom. The van der Waals surface area contributed by atoms with Gasteiger partial charge in [-0.15, -0.1) is 0 Å². The van der Waals surface area contributed by atoms with Crippen LogP contribution in [0.1, 0.15) is 27.9 Å². The van der Waals surface area contributed by atoms with Gasteiger partial charge >= 0.3 is 0 Å². The van der Waals surface area contributed by atoms with Gasteiger partial charge in [-0.2, -0.15) is 5.26 Å². The molecule has 0 aromatic heterocycles. The van der Waals surface area contributed by atoms with E-state index in [1.54, 1.807) is 12.1 Å². The number of nitrogens with zero attached hydrogens (tertiary/aromatic N) is 3. The Bertz CT molecular complexity index is 1640. The van der Waals surface area contributed by atoms with Gasteiger partial charge in [-0.1, -0.05) is 30.3 Å². The number of amides is 1. The van der Waals surface area contributed by atoms with Crippen molar-refractivity contribution in [3.05, 3.63) is 53.1 Å². The van der Waals surface area contributed by atoms with Crippen LogP contribution in [-0.2, 0) is 32.1 Å². The first kappa shape index (κ1) is 30.2. The molecule has 1 amide bonds. The van der Waals surface area contributed by atoms with Crippen LogP contribution in [0.3, 0.4) is 0 Å². The van der Waals surface area contributed by atoms with E-state index in [1.165, 1.54) is 25.1 Å². The van der Waals surface area contributed by atoms with Crippen LogP contribution in [0.15, 0.2) is 36.4 Å². The molecule has 3 aliphatic carbocycles. The second-order valence-corrected chi connectivity index (χ2v) is 12.5. The molecule has 6 atom stereocenters. The van der Waals surface area contributed by atoms with Crippen molar-refractivity contribution in [2.75, 3.05) is 28.2 Å². The lowest BCUT2D eigenvalue weighted by molar-refractivity contribution is -0.166. The lowest BCUT2D eigenvalue weighted by Crippen LogP contribution is -2.85. The first-order valence-corrected chi connectivity index (χ1v) is 13.8. The number of phenolic OH excluding ortho intramolecular Hbond substituents is 1. The van der Waals surface area contributed by atoms with Gasteiger partial charge in [-0.3, -0.25) is 28.9 Å². The van der Waals surface area contributed by atoms with Crippen LogP contribution in [0.4, 0.5) is 0 Å². The van der Waals surface area contributed by atoms with Crippen LogP contribution in [0.2, 0.25) is 0 Å². The molecule has 0 spiro atoms. The van der Waals surface area contributed by atoms with Crippen molar-refractivity contribution in [2.45, 2.75) is 36.5 Å². The lowest BCUT2D eigenvalue weighted by Gasteiger charge is -2.60. The number of nitriles is 1. The van der Waals surface area contributed by atoms with Crippen molar-refractivity contribution >= 4 is 29.0 Å². The van der Waals surface area contributed by atoms with Crippen molar-refractivity contribution < 1.29 is 29.1 Å². The zero-order valence-electron chi connectivity index (χ0n) is 24.4. The van der Waals surface area contributed by atoms with Crippen LogP contribution in [-0.4, -0.2) is 89.3 Å². The Hall–Kier alpha value is -4.28. The SMILES string of the molecule is CN(C)Cc1ccc(-c2ccc(O)c3c2C[C@@]2(N)C[C@@]4(N)[C@H](N(C)C)C(=O)C(C(N)=O)C(=O)[C@@]4(C#N)C(=O)C2C3=O)cc1. The number of carbonyl (C=O) groups is 5. The van der Waals surface area contributed by atoms with Crippen LogP contribution in [0.5, 0.6) is 5.75 Å². The summed E-state index contributed by atoms with van der Waals surface area (Å²) in [5.41, 5.74) is 15.2. The molecule has 0 heterocycles. The standard InChI is InChI=1S/C31H34N6O6/c1-36(2)12-15-5-7-16(8-6-15)17-9-10-19(38)20-18(17)11-29(34)13-31(35)25(37(3)4)24(40)21(28(33)43)26(41)30(31,14-32)27(42)22(29)23(20)39/h5-10,21-22,25,38H,11-13,34-35H2,1-4H3,(H2,33,43)/t21?,22?,25-,29-,30+,31-/m1/s1. The van der Waals surface area contributed by atoms with Crippen molar-refractivity contribution in [2.24, 2.45) is 34.5 Å². The molecule has 2 fully saturated rings. The minimum Gasteiger partial charge on any atom is -0.507 e. The van der Waals surface area contributed by atoms with Gasteiger partial charge in [0.2, 0.25) is 5.91 Å². The van der Waals surface area contributed by atoms with Gasteiger partial charge in [0.1, 0.15) is 11.7 Å². The number of carbonyl (C=O) groups excluding carboxylic acids is 5. The molecular weight excluding hydrogens is 552 g/mol. The summed E-state index contributed by atoms with van der Waals surface area (Å²) in [5.74, 6) is -9.93. The van der Waals surface area contributed by atoms with Crippen molar-refractivity contribution in [1.29, 1.82) is 5.26 Å². The van der Waals surface area contributed by atoms with E-state index >= 15 is 0 Å². The molecule has 0 saturated heterocycles. The fourth-order valence-electron chi connectivity index (χ4n) is 7.63. The third kappa shape index (κ3) is 4.00. The molecular formula is C31H34N6O6. The Balaban J connectivity index is 1.72. The number of nitrogens with two attached hydrogens (primary N) is 3. The molecule has 7 N–H and O–H groups in total. The second-order valence-electron chi connectivity index (χ2n) is 12.5. The molecule has 12 nitrogen and oxygen atoms in total. The van der Waals surface area contributed by atoms with E-state index in [9.17, 15) is 34.3 Å². The molecule has 2 unspecified atom stereocenters.